The molecule has 0 bridgehead atoms. The average molecular weight is 343 g/mol. The predicted octanol–water partition coefficient (Wildman–Crippen LogP) is 2.48. The SMILES string of the molecule is Cc1c([N+](=O)[O-])cnc(N2CCC(C)C(CN)C2)c1Br. The first kappa shape index (κ1) is 15.2. The summed E-state index contributed by atoms with van der Waals surface area (Å²) in [7, 11) is 0. The Morgan fingerprint density at radius 2 is 2.35 bits per heavy atom. The molecule has 1 aliphatic rings. The van der Waals surface area contributed by atoms with Crippen LogP contribution in [0.3, 0.4) is 0 Å². The van der Waals surface area contributed by atoms with E-state index in [4.69, 9.17) is 5.73 Å². The Kier molecular flexibility index (Phi) is 4.59. The van der Waals surface area contributed by atoms with E-state index in [2.05, 4.69) is 32.7 Å². The summed E-state index contributed by atoms with van der Waals surface area (Å²) >= 11 is 3.45. The van der Waals surface area contributed by atoms with Crippen molar-refractivity contribution >= 4 is 27.4 Å². The molecule has 2 heterocycles. The number of anilines is 1. The second-order valence-electron chi connectivity index (χ2n) is 5.37. The fourth-order valence-corrected chi connectivity index (χ4v) is 3.17. The van der Waals surface area contributed by atoms with E-state index in [0.29, 0.717) is 28.4 Å². The van der Waals surface area contributed by atoms with E-state index in [9.17, 15) is 10.1 Å². The standard InChI is InChI=1S/C13H19BrN4O2/c1-8-3-4-17(7-10(8)5-15)13-12(14)9(2)11(6-16-13)18(19)20/h6,8,10H,3-5,7,15H2,1-2H3. The van der Waals surface area contributed by atoms with Crippen LogP contribution < -0.4 is 10.6 Å². The molecule has 6 nitrogen and oxygen atoms in total. The van der Waals surface area contributed by atoms with Crippen molar-refractivity contribution in [3.63, 3.8) is 0 Å². The third kappa shape index (κ3) is 2.78. The van der Waals surface area contributed by atoms with Crippen LogP contribution in [0.5, 0.6) is 0 Å². The first-order valence-corrected chi connectivity index (χ1v) is 7.49. The predicted molar refractivity (Wildman–Crippen MR) is 81.9 cm³/mol. The number of halogens is 1. The molecule has 20 heavy (non-hydrogen) atoms. The lowest BCUT2D eigenvalue weighted by Gasteiger charge is -2.37. The molecule has 1 saturated heterocycles. The Hall–Kier alpha value is -1.21. The maximum atomic E-state index is 10.9. The molecule has 1 aromatic rings. The van der Waals surface area contributed by atoms with Crippen molar-refractivity contribution in [1.29, 1.82) is 0 Å². The molecule has 2 rings (SSSR count). The van der Waals surface area contributed by atoms with Gasteiger partial charge in [0.15, 0.2) is 0 Å². The zero-order chi connectivity index (χ0) is 14.9. The summed E-state index contributed by atoms with van der Waals surface area (Å²) in [5.41, 5.74) is 6.47. The minimum atomic E-state index is -0.405. The molecule has 0 radical (unpaired) electrons. The smallest absolute Gasteiger partial charge is 0.291 e. The summed E-state index contributed by atoms with van der Waals surface area (Å²) < 4.78 is 0.706. The number of rotatable bonds is 3. The van der Waals surface area contributed by atoms with Crippen molar-refractivity contribution in [3.05, 3.63) is 26.3 Å². The van der Waals surface area contributed by atoms with Crippen molar-refractivity contribution in [2.45, 2.75) is 20.3 Å². The van der Waals surface area contributed by atoms with Gasteiger partial charge in [0.1, 0.15) is 12.0 Å². The molecule has 7 heteroatoms. The quantitative estimate of drug-likeness (QED) is 0.673. The van der Waals surface area contributed by atoms with Gasteiger partial charge in [-0.25, -0.2) is 4.98 Å². The number of aromatic nitrogens is 1. The fourth-order valence-electron chi connectivity index (χ4n) is 2.61. The van der Waals surface area contributed by atoms with Gasteiger partial charge >= 0.3 is 0 Å². The average Bonchev–Trinajstić information content (AvgIpc) is 2.42. The first-order valence-electron chi connectivity index (χ1n) is 6.70. The molecule has 0 spiro atoms. The third-order valence-corrected chi connectivity index (χ3v) is 5.08. The number of nitrogens with two attached hydrogens (primary N) is 1. The second kappa shape index (κ2) is 6.05. The van der Waals surface area contributed by atoms with Crippen LogP contribution in [0, 0.1) is 28.9 Å². The first-order chi connectivity index (χ1) is 9.45. The van der Waals surface area contributed by atoms with Gasteiger partial charge in [-0.15, -0.1) is 0 Å². The van der Waals surface area contributed by atoms with Gasteiger partial charge in [0, 0.05) is 18.7 Å². The molecule has 2 atom stereocenters. The number of pyridine rings is 1. The van der Waals surface area contributed by atoms with Crippen LogP contribution in [0.2, 0.25) is 0 Å². The highest BCUT2D eigenvalue weighted by Crippen LogP contribution is 2.35. The molecule has 0 aromatic carbocycles. The molecule has 0 aliphatic carbocycles. The zero-order valence-electron chi connectivity index (χ0n) is 11.7. The Morgan fingerprint density at radius 3 is 2.95 bits per heavy atom. The van der Waals surface area contributed by atoms with E-state index < -0.39 is 4.92 Å². The Labute approximate surface area is 126 Å². The van der Waals surface area contributed by atoms with Gasteiger partial charge in [0.05, 0.1) is 9.40 Å². The van der Waals surface area contributed by atoms with Gasteiger partial charge in [-0.3, -0.25) is 10.1 Å². The van der Waals surface area contributed by atoms with E-state index in [-0.39, 0.29) is 5.69 Å². The zero-order valence-corrected chi connectivity index (χ0v) is 13.3. The molecule has 110 valence electrons. The van der Waals surface area contributed by atoms with E-state index >= 15 is 0 Å². The highest BCUT2D eigenvalue weighted by molar-refractivity contribution is 9.10. The van der Waals surface area contributed by atoms with Gasteiger partial charge in [-0.2, -0.15) is 0 Å². The maximum absolute atomic E-state index is 10.9. The summed E-state index contributed by atoms with van der Waals surface area (Å²) in [6.45, 7) is 6.36. The van der Waals surface area contributed by atoms with E-state index in [1.54, 1.807) is 6.92 Å². The summed E-state index contributed by atoms with van der Waals surface area (Å²) in [6.07, 6.45) is 2.40. The lowest BCUT2D eigenvalue weighted by atomic mass is 9.87. The van der Waals surface area contributed by atoms with Crippen molar-refractivity contribution < 1.29 is 4.92 Å². The Morgan fingerprint density at radius 1 is 1.65 bits per heavy atom. The van der Waals surface area contributed by atoms with E-state index in [1.807, 2.05) is 0 Å². The van der Waals surface area contributed by atoms with Crippen LogP contribution in [0.15, 0.2) is 10.7 Å². The lowest BCUT2D eigenvalue weighted by molar-refractivity contribution is -0.385. The number of nitrogens with zero attached hydrogens (tertiary/aromatic N) is 3. The highest BCUT2D eigenvalue weighted by atomic mass is 79.9. The van der Waals surface area contributed by atoms with Gasteiger partial charge in [0.2, 0.25) is 0 Å². The summed E-state index contributed by atoms with van der Waals surface area (Å²) in [5, 5.41) is 10.9. The summed E-state index contributed by atoms with van der Waals surface area (Å²) in [4.78, 5) is 17.0. The molecule has 2 unspecified atom stereocenters. The number of hydrogen-bond donors (Lipinski definition) is 1. The molecular weight excluding hydrogens is 324 g/mol. The minimum Gasteiger partial charge on any atom is -0.355 e. The van der Waals surface area contributed by atoms with Crippen LogP contribution in [0.25, 0.3) is 0 Å². The second-order valence-corrected chi connectivity index (χ2v) is 6.16. The number of nitro groups is 1. The minimum absolute atomic E-state index is 0.0429. The van der Waals surface area contributed by atoms with E-state index in [0.717, 1.165) is 25.3 Å². The van der Waals surface area contributed by atoms with Crippen LogP contribution in [-0.4, -0.2) is 29.5 Å². The van der Waals surface area contributed by atoms with Crippen molar-refractivity contribution in [3.8, 4) is 0 Å². The molecule has 2 N–H and O–H groups in total. The van der Waals surface area contributed by atoms with Gasteiger partial charge in [-0.05, 0) is 47.7 Å². The Bertz CT molecular complexity index is 523. The highest BCUT2D eigenvalue weighted by Gasteiger charge is 2.28. The van der Waals surface area contributed by atoms with Crippen LogP contribution >= 0.6 is 15.9 Å². The largest absolute Gasteiger partial charge is 0.355 e. The van der Waals surface area contributed by atoms with E-state index in [1.165, 1.54) is 6.20 Å². The topological polar surface area (TPSA) is 85.3 Å². The molecule has 0 saturated carbocycles. The third-order valence-electron chi connectivity index (χ3n) is 4.13. The molecule has 1 aliphatic heterocycles. The lowest BCUT2D eigenvalue weighted by Crippen LogP contribution is -2.43. The summed E-state index contributed by atoms with van der Waals surface area (Å²) in [5.74, 6) is 1.82. The molecule has 0 amide bonds. The van der Waals surface area contributed by atoms with Crippen LogP contribution in [-0.2, 0) is 0 Å². The van der Waals surface area contributed by atoms with Gasteiger partial charge in [-0.1, -0.05) is 6.92 Å². The van der Waals surface area contributed by atoms with Crippen molar-refractivity contribution in [1.82, 2.24) is 4.98 Å². The molecule has 1 fully saturated rings. The van der Waals surface area contributed by atoms with Crippen LogP contribution in [0.4, 0.5) is 11.5 Å². The van der Waals surface area contributed by atoms with Crippen molar-refractivity contribution in [2.24, 2.45) is 17.6 Å². The van der Waals surface area contributed by atoms with Crippen molar-refractivity contribution in [2.75, 3.05) is 24.5 Å². The monoisotopic (exact) mass is 342 g/mol. The van der Waals surface area contributed by atoms with Gasteiger partial charge in [0.25, 0.3) is 5.69 Å². The number of piperidine rings is 1. The normalized spacial score (nSPS) is 22.9. The van der Waals surface area contributed by atoms with Gasteiger partial charge < -0.3 is 10.6 Å². The molecular formula is C13H19BrN4O2. The Balaban J connectivity index is 2.30. The molecule has 1 aromatic heterocycles. The fraction of sp³-hybridized carbons (Fsp3) is 0.615. The summed E-state index contributed by atoms with van der Waals surface area (Å²) in [6, 6.07) is 0. The van der Waals surface area contributed by atoms with Crippen LogP contribution in [0.1, 0.15) is 18.9 Å². The maximum Gasteiger partial charge on any atom is 0.291 e. The number of hydrogen-bond acceptors (Lipinski definition) is 5.